The van der Waals surface area contributed by atoms with Crippen LogP contribution in [0, 0.1) is 11.8 Å². The highest BCUT2D eigenvalue weighted by atomic mass is 16.2. The maximum absolute atomic E-state index is 13.1. The van der Waals surface area contributed by atoms with E-state index in [1.54, 1.807) is 0 Å². The summed E-state index contributed by atoms with van der Waals surface area (Å²) in [6, 6.07) is 9.18. The lowest BCUT2D eigenvalue weighted by Crippen LogP contribution is -2.46. The number of nitrogens with one attached hydrogen (secondary N) is 4. The molecule has 1 saturated carbocycles. The summed E-state index contributed by atoms with van der Waals surface area (Å²) < 4.78 is 0. The lowest BCUT2D eigenvalue weighted by molar-refractivity contribution is -0.128. The van der Waals surface area contributed by atoms with Gasteiger partial charge in [-0.25, -0.2) is 0 Å². The van der Waals surface area contributed by atoms with Gasteiger partial charge in [-0.2, -0.15) is 5.10 Å². The molecule has 0 spiro atoms. The van der Waals surface area contributed by atoms with Crippen LogP contribution in [0.4, 0.5) is 5.82 Å². The van der Waals surface area contributed by atoms with E-state index in [1.165, 1.54) is 32.1 Å². The number of H-pyrrole nitrogens is 2. The van der Waals surface area contributed by atoms with E-state index in [9.17, 15) is 9.59 Å². The van der Waals surface area contributed by atoms with Gasteiger partial charge in [0.15, 0.2) is 5.82 Å². The Kier molecular flexibility index (Phi) is 6.93. The lowest BCUT2D eigenvalue weighted by atomic mass is 9.86. The maximum Gasteiger partial charge on any atom is 0.248 e. The van der Waals surface area contributed by atoms with Crippen LogP contribution >= 0.6 is 0 Å². The minimum Gasteiger partial charge on any atom is -0.361 e. The molecule has 2 amide bonds. The predicted molar refractivity (Wildman–Crippen MR) is 126 cm³/mol. The van der Waals surface area contributed by atoms with Gasteiger partial charge in [-0.3, -0.25) is 14.7 Å². The topological polar surface area (TPSA) is 103 Å². The lowest BCUT2D eigenvalue weighted by Gasteiger charge is -2.20. The number of aromatic nitrogens is 3. The van der Waals surface area contributed by atoms with Gasteiger partial charge >= 0.3 is 0 Å². The third-order valence-electron chi connectivity index (χ3n) is 6.37. The quantitative estimate of drug-likeness (QED) is 0.423. The minimum absolute atomic E-state index is 0.148. The van der Waals surface area contributed by atoms with Gasteiger partial charge in [0.05, 0.1) is 0 Å². The number of anilines is 1. The van der Waals surface area contributed by atoms with Gasteiger partial charge in [0, 0.05) is 41.2 Å². The van der Waals surface area contributed by atoms with Gasteiger partial charge in [-0.1, -0.05) is 64.2 Å². The number of hydrogen-bond donors (Lipinski definition) is 4. The molecule has 4 N–H and O–H groups in total. The Morgan fingerprint density at radius 3 is 2.69 bits per heavy atom. The second kappa shape index (κ2) is 10.0. The van der Waals surface area contributed by atoms with Crippen LogP contribution in [0.25, 0.3) is 10.9 Å². The number of rotatable bonds is 8. The van der Waals surface area contributed by atoms with Crippen LogP contribution in [0.5, 0.6) is 0 Å². The fourth-order valence-corrected chi connectivity index (χ4v) is 4.51. The van der Waals surface area contributed by atoms with Gasteiger partial charge in [0.1, 0.15) is 6.04 Å². The van der Waals surface area contributed by atoms with Crippen molar-refractivity contribution in [3.05, 3.63) is 47.8 Å². The summed E-state index contributed by atoms with van der Waals surface area (Å²) in [6.07, 6.45) is 9.72. The van der Waals surface area contributed by atoms with Crippen LogP contribution in [0.1, 0.15) is 57.2 Å². The summed E-state index contributed by atoms with van der Waals surface area (Å²) in [6.45, 7) is 3.64. The number of fused-ring (bicyclic) bond motifs is 1. The highest BCUT2D eigenvalue weighted by Gasteiger charge is 2.25. The van der Waals surface area contributed by atoms with Crippen LogP contribution in [0.15, 0.2) is 36.5 Å². The molecular weight excluding hydrogens is 402 g/mol. The summed E-state index contributed by atoms with van der Waals surface area (Å²) in [7, 11) is 0. The summed E-state index contributed by atoms with van der Waals surface area (Å²) in [4.78, 5) is 28.8. The second-order valence-corrected chi connectivity index (χ2v) is 9.26. The maximum atomic E-state index is 13.1. The van der Waals surface area contributed by atoms with Crippen molar-refractivity contribution in [3.8, 4) is 0 Å². The Morgan fingerprint density at radius 1 is 1.12 bits per heavy atom. The molecule has 1 unspecified atom stereocenters. The van der Waals surface area contributed by atoms with Gasteiger partial charge < -0.3 is 15.6 Å². The SMILES string of the molecule is CC(C)C(=O)NC(Cc1c[nH]c2ccccc12)C(=O)Nc1cc(CC2CCCCC2)[nH]n1. The Labute approximate surface area is 188 Å². The van der Waals surface area contributed by atoms with Gasteiger partial charge in [-0.05, 0) is 24.0 Å². The normalized spacial score (nSPS) is 15.7. The fraction of sp³-hybridized carbons (Fsp3) is 0.480. The first-order chi connectivity index (χ1) is 15.5. The van der Waals surface area contributed by atoms with E-state index in [4.69, 9.17) is 0 Å². The highest BCUT2D eigenvalue weighted by Crippen LogP contribution is 2.27. The largest absolute Gasteiger partial charge is 0.361 e. The first kappa shape index (κ1) is 22.1. The average Bonchev–Trinajstić information content (AvgIpc) is 3.40. The molecular formula is C25H33N5O2. The first-order valence-corrected chi connectivity index (χ1v) is 11.7. The number of carbonyl (C=O) groups excluding carboxylic acids is 2. The van der Waals surface area contributed by atoms with Gasteiger partial charge in [0.2, 0.25) is 11.8 Å². The Morgan fingerprint density at radius 2 is 1.91 bits per heavy atom. The number of nitrogens with zero attached hydrogens (tertiary/aromatic N) is 1. The molecule has 1 fully saturated rings. The third-order valence-corrected chi connectivity index (χ3v) is 6.37. The summed E-state index contributed by atoms with van der Waals surface area (Å²) in [5.74, 6) is 0.571. The Bertz CT molecular complexity index is 1060. The second-order valence-electron chi connectivity index (χ2n) is 9.26. The highest BCUT2D eigenvalue weighted by molar-refractivity contribution is 5.97. The van der Waals surface area contributed by atoms with E-state index in [-0.39, 0.29) is 17.7 Å². The smallest absolute Gasteiger partial charge is 0.248 e. The van der Waals surface area contributed by atoms with Crippen molar-refractivity contribution in [1.29, 1.82) is 0 Å². The molecule has 1 aliphatic rings. The molecule has 0 aliphatic heterocycles. The number of benzene rings is 1. The van der Waals surface area contributed by atoms with E-state index in [0.717, 1.165) is 28.6 Å². The van der Waals surface area contributed by atoms with E-state index in [1.807, 2.05) is 50.4 Å². The molecule has 4 rings (SSSR count). The molecule has 2 heterocycles. The monoisotopic (exact) mass is 435 g/mol. The molecule has 1 atom stereocenters. The van der Waals surface area contributed by atoms with Crippen LogP contribution in [0.2, 0.25) is 0 Å². The molecule has 0 bridgehead atoms. The van der Waals surface area contributed by atoms with Crippen molar-refractivity contribution in [2.75, 3.05) is 5.32 Å². The summed E-state index contributed by atoms with van der Waals surface area (Å²) in [5.41, 5.74) is 3.05. The number of aromatic amines is 2. The Balaban J connectivity index is 1.45. The van der Waals surface area contributed by atoms with Crippen molar-refractivity contribution in [1.82, 2.24) is 20.5 Å². The van der Waals surface area contributed by atoms with E-state index < -0.39 is 6.04 Å². The van der Waals surface area contributed by atoms with Crippen molar-refractivity contribution in [2.45, 2.75) is 64.8 Å². The molecule has 7 heteroatoms. The van der Waals surface area contributed by atoms with Crippen LogP contribution in [-0.4, -0.2) is 33.0 Å². The summed E-state index contributed by atoms with van der Waals surface area (Å²) >= 11 is 0. The average molecular weight is 436 g/mol. The number of amides is 2. The third kappa shape index (κ3) is 5.39. The van der Waals surface area contributed by atoms with Crippen LogP contribution < -0.4 is 10.6 Å². The van der Waals surface area contributed by atoms with Crippen LogP contribution in [0.3, 0.4) is 0 Å². The van der Waals surface area contributed by atoms with E-state index in [0.29, 0.717) is 18.2 Å². The van der Waals surface area contributed by atoms with Crippen molar-refractivity contribution in [2.24, 2.45) is 11.8 Å². The molecule has 2 aromatic heterocycles. The van der Waals surface area contributed by atoms with Crippen LogP contribution in [-0.2, 0) is 22.4 Å². The number of para-hydroxylation sites is 1. The van der Waals surface area contributed by atoms with Crippen molar-refractivity contribution < 1.29 is 9.59 Å². The molecule has 32 heavy (non-hydrogen) atoms. The minimum atomic E-state index is -0.692. The molecule has 0 saturated heterocycles. The number of hydrogen-bond acceptors (Lipinski definition) is 3. The zero-order valence-electron chi connectivity index (χ0n) is 18.9. The molecule has 170 valence electrons. The van der Waals surface area contributed by atoms with Gasteiger partial charge in [0.25, 0.3) is 0 Å². The standard InChI is InChI=1S/C25H33N5O2/c1-16(2)24(31)27-22(13-18-15-26-21-11-7-6-10-20(18)21)25(32)28-23-14-19(29-30-23)12-17-8-4-3-5-9-17/h6-7,10-11,14-17,22,26H,3-5,8-9,12-13H2,1-2H3,(H,27,31)(H2,28,29,30,32). The first-order valence-electron chi connectivity index (χ1n) is 11.7. The Hall–Kier alpha value is -3.09. The van der Waals surface area contributed by atoms with E-state index in [2.05, 4.69) is 25.8 Å². The number of carbonyl (C=O) groups is 2. The predicted octanol–water partition coefficient (Wildman–Crippen LogP) is 4.34. The molecule has 1 aromatic carbocycles. The fourth-order valence-electron chi connectivity index (χ4n) is 4.51. The zero-order valence-corrected chi connectivity index (χ0v) is 18.9. The van der Waals surface area contributed by atoms with Crippen molar-refractivity contribution >= 4 is 28.5 Å². The molecule has 1 aliphatic carbocycles. The van der Waals surface area contributed by atoms with Gasteiger partial charge in [-0.15, -0.1) is 0 Å². The van der Waals surface area contributed by atoms with Crippen molar-refractivity contribution in [3.63, 3.8) is 0 Å². The molecule has 0 radical (unpaired) electrons. The molecule has 3 aromatic rings. The zero-order chi connectivity index (χ0) is 22.5. The van der Waals surface area contributed by atoms with E-state index >= 15 is 0 Å². The summed E-state index contributed by atoms with van der Waals surface area (Å²) in [5, 5.41) is 14.2. The molecule has 7 nitrogen and oxygen atoms in total.